The number of nitrogens with one attached hydrogen (secondary N) is 1. The molecule has 0 saturated carbocycles. The predicted molar refractivity (Wildman–Crippen MR) is 68.7 cm³/mol. The number of rotatable bonds is 5. The van der Waals surface area contributed by atoms with Gasteiger partial charge in [0.15, 0.2) is 5.84 Å². The Morgan fingerprint density at radius 2 is 1.88 bits per heavy atom. The number of amidine groups is 1. The highest BCUT2D eigenvalue weighted by molar-refractivity contribution is 5.87. The minimum Gasteiger partial charge on any atom is -0.491 e. The molecule has 17 heavy (non-hydrogen) atoms. The lowest BCUT2D eigenvalue weighted by Gasteiger charge is -2.14. The molecule has 0 fully saturated rings. The van der Waals surface area contributed by atoms with Gasteiger partial charge in [-0.25, -0.2) is 0 Å². The number of nitrogens with zero attached hydrogens (tertiary/aromatic N) is 1. The Labute approximate surface area is 101 Å². The summed E-state index contributed by atoms with van der Waals surface area (Å²) in [6.45, 7) is 5.77. The van der Waals surface area contributed by atoms with Crippen LogP contribution >= 0.6 is 0 Å². The number of benzene rings is 1. The van der Waals surface area contributed by atoms with Crippen LogP contribution in [0.2, 0.25) is 0 Å². The van der Waals surface area contributed by atoms with Crippen LogP contribution in [0.4, 0.5) is 5.69 Å². The number of ether oxygens (including phenoxy) is 1. The van der Waals surface area contributed by atoms with E-state index in [0.29, 0.717) is 0 Å². The third-order valence-electron chi connectivity index (χ3n) is 2.17. The molecule has 0 aliphatic rings. The third-order valence-corrected chi connectivity index (χ3v) is 2.17. The molecule has 5 nitrogen and oxygen atoms in total. The molecule has 5 heteroatoms. The summed E-state index contributed by atoms with van der Waals surface area (Å²) in [5, 5.41) is 14.6. The van der Waals surface area contributed by atoms with Gasteiger partial charge in [-0.2, -0.15) is 0 Å². The Bertz CT molecular complexity index is 374. The van der Waals surface area contributed by atoms with Gasteiger partial charge in [0.25, 0.3) is 0 Å². The summed E-state index contributed by atoms with van der Waals surface area (Å²) in [4.78, 5) is 0. The molecule has 1 aromatic rings. The molecule has 0 aromatic heterocycles. The molecular weight excluding hydrogens is 218 g/mol. The van der Waals surface area contributed by atoms with Crippen LogP contribution in [0.15, 0.2) is 29.4 Å². The molecule has 1 aromatic carbocycles. The molecule has 0 aliphatic carbocycles. The molecular formula is C12H19N3O2. The number of nitrogens with two attached hydrogens (primary N) is 1. The van der Waals surface area contributed by atoms with Gasteiger partial charge in [0.05, 0.1) is 12.1 Å². The van der Waals surface area contributed by atoms with E-state index >= 15 is 0 Å². The van der Waals surface area contributed by atoms with E-state index in [1.807, 2.05) is 45.0 Å². The van der Waals surface area contributed by atoms with Crippen molar-refractivity contribution in [2.45, 2.75) is 32.9 Å². The summed E-state index contributed by atoms with van der Waals surface area (Å²) in [5.74, 6) is 0.967. The summed E-state index contributed by atoms with van der Waals surface area (Å²) < 4.78 is 5.53. The van der Waals surface area contributed by atoms with Gasteiger partial charge < -0.3 is 21.0 Å². The highest BCUT2D eigenvalue weighted by atomic mass is 16.5. The monoisotopic (exact) mass is 237 g/mol. The molecule has 0 heterocycles. The first-order valence-electron chi connectivity index (χ1n) is 5.53. The second-order valence-electron chi connectivity index (χ2n) is 4.08. The average Bonchev–Trinajstić information content (AvgIpc) is 2.30. The van der Waals surface area contributed by atoms with Crippen molar-refractivity contribution in [2.24, 2.45) is 10.9 Å². The van der Waals surface area contributed by atoms with Gasteiger partial charge in [0.1, 0.15) is 5.75 Å². The van der Waals surface area contributed by atoms with E-state index in [9.17, 15) is 0 Å². The molecule has 1 atom stereocenters. The van der Waals surface area contributed by atoms with Crippen molar-refractivity contribution in [3.8, 4) is 5.75 Å². The summed E-state index contributed by atoms with van der Waals surface area (Å²) in [6.07, 6.45) is 0.157. The van der Waals surface area contributed by atoms with Gasteiger partial charge in [0, 0.05) is 5.69 Å². The maximum Gasteiger partial charge on any atom is 0.161 e. The predicted octanol–water partition coefficient (Wildman–Crippen LogP) is 2.02. The van der Waals surface area contributed by atoms with Gasteiger partial charge in [0.2, 0.25) is 0 Å². The van der Waals surface area contributed by atoms with Crippen LogP contribution < -0.4 is 15.8 Å². The summed E-state index contributed by atoms with van der Waals surface area (Å²) in [7, 11) is 0. The van der Waals surface area contributed by atoms with Crippen molar-refractivity contribution in [1.29, 1.82) is 0 Å². The Morgan fingerprint density at radius 1 is 1.29 bits per heavy atom. The summed E-state index contributed by atoms with van der Waals surface area (Å²) in [6, 6.07) is 7.30. The van der Waals surface area contributed by atoms with Crippen LogP contribution in [-0.2, 0) is 0 Å². The standard InChI is InChI=1S/C12H19N3O2/c1-8(2)17-11-6-4-10(5-7-11)14-9(3)12(13)15-16/h4-9,14,16H,1-3H3,(H2,13,15). The number of oxime groups is 1. The number of hydrogen-bond acceptors (Lipinski definition) is 4. The Hall–Kier alpha value is -1.91. The second-order valence-corrected chi connectivity index (χ2v) is 4.08. The minimum atomic E-state index is -0.225. The first kappa shape index (κ1) is 13.2. The SMILES string of the molecule is CC(C)Oc1ccc(NC(C)C(N)=NO)cc1. The zero-order valence-electron chi connectivity index (χ0n) is 10.3. The third kappa shape index (κ3) is 4.22. The number of hydrogen-bond donors (Lipinski definition) is 3. The molecule has 0 aliphatic heterocycles. The second kappa shape index (κ2) is 5.98. The molecule has 1 rings (SSSR count). The van der Waals surface area contributed by atoms with Gasteiger partial charge in [-0.15, -0.1) is 0 Å². The van der Waals surface area contributed by atoms with Crippen molar-refractivity contribution in [1.82, 2.24) is 0 Å². The van der Waals surface area contributed by atoms with Gasteiger partial charge >= 0.3 is 0 Å². The molecule has 0 amide bonds. The van der Waals surface area contributed by atoms with E-state index in [-0.39, 0.29) is 18.0 Å². The quantitative estimate of drug-likeness (QED) is 0.317. The summed E-state index contributed by atoms with van der Waals surface area (Å²) in [5.41, 5.74) is 6.36. The van der Waals surface area contributed by atoms with Crippen molar-refractivity contribution < 1.29 is 9.94 Å². The lowest BCUT2D eigenvalue weighted by atomic mass is 10.2. The van der Waals surface area contributed by atoms with Gasteiger partial charge in [-0.05, 0) is 45.0 Å². The van der Waals surface area contributed by atoms with Gasteiger partial charge in [-0.1, -0.05) is 5.16 Å². The van der Waals surface area contributed by atoms with E-state index in [2.05, 4.69) is 10.5 Å². The number of anilines is 1. The maximum atomic E-state index is 8.53. The zero-order chi connectivity index (χ0) is 12.8. The maximum absolute atomic E-state index is 8.53. The molecule has 0 radical (unpaired) electrons. The fraction of sp³-hybridized carbons (Fsp3) is 0.417. The first-order valence-corrected chi connectivity index (χ1v) is 5.53. The van der Waals surface area contributed by atoms with Crippen LogP contribution in [0.1, 0.15) is 20.8 Å². The minimum absolute atomic E-state index is 0.146. The van der Waals surface area contributed by atoms with Crippen molar-refractivity contribution in [3.63, 3.8) is 0 Å². The highest BCUT2D eigenvalue weighted by Gasteiger charge is 2.06. The Balaban J connectivity index is 2.62. The fourth-order valence-corrected chi connectivity index (χ4v) is 1.31. The molecule has 4 N–H and O–H groups in total. The molecule has 1 unspecified atom stereocenters. The van der Waals surface area contributed by atoms with Crippen LogP contribution in [0, 0.1) is 0 Å². The van der Waals surface area contributed by atoms with Crippen LogP contribution in [0.25, 0.3) is 0 Å². The molecule has 0 bridgehead atoms. The fourth-order valence-electron chi connectivity index (χ4n) is 1.31. The Morgan fingerprint density at radius 3 is 2.35 bits per heavy atom. The Kier molecular flexibility index (Phi) is 4.63. The topological polar surface area (TPSA) is 79.9 Å². The van der Waals surface area contributed by atoms with E-state index in [1.165, 1.54) is 0 Å². The molecule has 94 valence electrons. The van der Waals surface area contributed by atoms with E-state index in [0.717, 1.165) is 11.4 Å². The van der Waals surface area contributed by atoms with Gasteiger partial charge in [-0.3, -0.25) is 0 Å². The van der Waals surface area contributed by atoms with E-state index in [4.69, 9.17) is 15.7 Å². The van der Waals surface area contributed by atoms with Crippen LogP contribution in [0.3, 0.4) is 0 Å². The van der Waals surface area contributed by atoms with Crippen molar-refractivity contribution >= 4 is 11.5 Å². The van der Waals surface area contributed by atoms with Crippen molar-refractivity contribution in [2.75, 3.05) is 5.32 Å². The van der Waals surface area contributed by atoms with E-state index < -0.39 is 0 Å². The normalized spacial score (nSPS) is 13.5. The lowest BCUT2D eigenvalue weighted by molar-refractivity contribution is 0.242. The van der Waals surface area contributed by atoms with Crippen LogP contribution in [-0.4, -0.2) is 23.2 Å². The lowest BCUT2D eigenvalue weighted by Crippen LogP contribution is -2.32. The van der Waals surface area contributed by atoms with E-state index in [1.54, 1.807) is 0 Å². The largest absolute Gasteiger partial charge is 0.491 e. The first-order chi connectivity index (χ1) is 8.02. The van der Waals surface area contributed by atoms with Crippen LogP contribution in [0.5, 0.6) is 5.75 Å². The molecule has 0 spiro atoms. The zero-order valence-corrected chi connectivity index (χ0v) is 10.3. The van der Waals surface area contributed by atoms with Crippen molar-refractivity contribution in [3.05, 3.63) is 24.3 Å². The molecule has 0 saturated heterocycles. The summed E-state index contributed by atoms with van der Waals surface area (Å²) >= 11 is 0. The highest BCUT2D eigenvalue weighted by Crippen LogP contribution is 2.17. The average molecular weight is 237 g/mol. The smallest absolute Gasteiger partial charge is 0.161 e.